The van der Waals surface area contributed by atoms with Crippen molar-refractivity contribution < 1.29 is 0 Å². The predicted molar refractivity (Wildman–Crippen MR) is 110 cm³/mol. The van der Waals surface area contributed by atoms with Gasteiger partial charge in [0.25, 0.3) is 0 Å². The second-order valence-electron chi connectivity index (χ2n) is 7.34. The van der Waals surface area contributed by atoms with Crippen LogP contribution in [0.15, 0.2) is 10.4 Å². The van der Waals surface area contributed by atoms with Gasteiger partial charge in [-0.2, -0.15) is 0 Å². The summed E-state index contributed by atoms with van der Waals surface area (Å²) < 4.78 is 0. The van der Waals surface area contributed by atoms with E-state index in [0.29, 0.717) is 6.04 Å². The van der Waals surface area contributed by atoms with Crippen molar-refractivity contribution in [3.05, 3.63) is 11.1 Å². The molecule has 2 N–H and O–H groups in total. The largest absolute Gasteiger partial charge is 0.357 e. The third-order valence-corrected chi connectivity index (χ3v) is 5.41. The SMILES string of the molecule is CCNC(=NCCc1csc(N2CCCC2)n1)NC(C)CCC(C)C. The van der Waals surface area contributed by atoms with Crippen molar-refractivity contribution in [3.63, 3.8) is 0 Å². The average molecular weight is 366 g/mol. The van der Waals surface area contributed by atoms with E-state index in [1.54, 1.807) is 11.3 Å². The van der Waals surface area contributed by atoms with Crippen molar-refractivity contribution in [3.8, 4) is 0 Å². The summed E-state index contributed by atoms with van der Waals surface area (Å²) in [6, 6.07) is 0.446. The fourth-order valence-corrected chi connectivity index (χ4v) is 3.87. The highest BCUT2D eigenvalue weighted by molar-refractivity contribution is 7.13. The minimum absolute atomic E-state index is 0.446. The van der Waals surface area contributed by atoms with Crippen LogP contribution >= 0.6 is 11.3 Å². The van der Waals surface area contributed by atoms with Crippen LogP contribution in [0.3, 0.4) is 0 Å². The minimum Gasteiger partial charge on any atom is -0.357 e. The van der Waals surface area contributed by atoms with Gasteiger partial charge < -0.3 is 15.5 Å². The molecule has 0 aliphatic carbocycles. The Morgan fingerprint density at radius 2 is 2.04 bits per heavy atom. The molecule has 0 saturated carbocycles. The third-order valence-electron chi connectivity index (χ3n) is 4.46. The maximum Gasteiger partial charge on any atom is 0.191 e. The van der Waals surface area contributed by atoms with Crippen LogP contribution in [0.1, 0.15) is 59.1 Å². The Morgan fingerprint density at radius 1 is 1.28 bits per heavy atom. The van der Waals surface area contributed by atoms with Crippen LogP contribution in [-0.4, -0.2) is 43.2 Å². The van der Waals surface area contributed by atoms with Crippen LogP contribution in [0.2, 0.25) is 0 Å². The summed E-state index contributed by atoms with van der Waals surface area (Å²) in [6.07, 6.45) is 5.91. The minimum atomic E-state index is 0.446. The fraction of sp³-hybridized carbons (Fsp3) is 0.789. The molecule has 1 aliphatic rings. The molecule has 1 unspecified atom stereocenters. The Labute approximate surface area is 157 Å². The van der Waals surface area contributed by atoms with Crippen LogP contribution in [-0.2, 0) is 6.42 Å². The number of aliphatic imine (C=N–C) groups is 1. The quantitative estimate of drug-likeness (QED) is 0.518. The average Bonchev–Trinajstić information content (AvgIpc) is 3.24. The van der Waals surface area contributed by atoms with Crippen molar-refractivity contribution in [2.24, 2.45) is 10.9 Å². The smallest absolute Gasteiger partial charge is 0.191 e. The van der Waals surface area contributed by atoms with Crippen molar-refractivity contribution in [1.29, 1.82) is 0 Å². The molecule has 1 fully saturated rings. The second-order valence-corrected chi connectivity index (χ2v) is 8.18. The van der Waals surface area contributed by atoms with Crippen LogP contribution < -0.4 is 15.5 Å². The van der Waals surface area contributed by atoms with Gasteiger partial charge in [0.05, 0.1) is 5.69 Å². The zero-order valence-electron chi connectivity index (χ0n) is 16.3. The number of thiazole rings is 1. The van der Waals surface area contributed by atoms with E-state index in [1.165, 1.54) is 36.5 Å². The highest BCUT2D eigenvalue weighted by Gasteiger charge is 2.15. The lowest BCUT2D eigenvalue weighted by Gasteiger charge is -2.18. The summed E-state index contributed by atoms with van der Waals surface area (Å²) in [4.78, 5) is 11.9. The van der Waals surface area contributed by atoms with Crippen LogP contribution in [0.4, 0.5) is 5.13 Å². The number of nitrogens with one attached hydrogen (secondary N) is 2. The molecule has 0 amide bonds. The molecule has 2 heterocycles. The zero-order valence-corrected chi connectivity index (χ0v) is 17.2. The maximum absolute atomic E-state index is 4.78. The van der Waals surface area contributed by atoms with E-state index in [0.717, 1.165) is 44.5 Å². The van der Waals surface area contributed by atoms with Gasteiger partial charge in [-0.25, -0.2) is 4.98 Å². The first-order valence-corrected chi connectivity index (χ1v) is 10.7. The number of guanidine groups is 1. The highest BCUT2D eigenvalue weighted by atomic mass is 32.1. The van der Waals surface area contributed by atoms with E-state index >= 15 is 0 Å². The Hall–Kier alpha value is -1.30. The summed E-state index contributed by atoms with van der Waals surface area (Å²) in [7, 11) is 0. The summed E-state index contributed by atoms with van der Waals surface area (Å²) in [5, 5.41) is 10.2. The molecule has 25 heavy (non-hydrogen) atoms. The van der Waals surface area contributed by atoms with Crippen LogP contribution in [0.5, 0.6) is 0 Å². The van der Waals surface area contributed by atoms with E-state index in [-0.39, 0.29) is 0 Å². The van der Waals surface area contributed by atoms with Gasteiger partial charge in [-0.15, -0.1) is 11.3 Å². The summed E-state index contributed by atoms with van der Waals surface area (Å²) in [6.45, 7) is 12.9. The molecule has 5 nitrogen and oxygen atoms in total. The number of aromatic nitrogens is 1. The van der Waals surface area contributed by atoms with E-state index in [1.807, 2.05) is 0 Å². The molecule has 1 aromatic rings. The Morgan fingerprint density at radius 3 is 2.72 bits per heavy atom. The Bertz CT molecular complexity index is 520. The van der Waals surface area contributed by atoms with E-state index in [4.69, 9.17) is 9.98 Å². The number of anilines is 1. The van der Waals surface area contributed by atoms with Crippen LogP contribution in [0.25, 0.3) is 0 Å². The van der Waals surface area contributed by atoms with Gasteiger partial charge in [0.15, 0.2) is 11.1 Å². The molecular formula is C19H35N5S. The second kappa shape index (κ2) is 10.6. The molecule has 1 atom stereocenters. The van der Waals surface area contributed by atoms with Gasteiger partial charge >= 0.3 is 0 Å². The van der Waals surface area contributed by atoms with Gasteiger partial charge in [0, 0.05) is 44.0 Å². The van der Waals surface area contributed by atoms with Gasteiger partial charge in [-0.3, -0.25) is 4.99 Å². The molecule has 1 saturated heterocycles. The fourth-order valence-electron chi connectivity index (χ4n) is 2.96. The van der Waals surface area contributed by atoms with Crippen molar-refractivity contribution in [2.75, 3.05) is 31.1 Å². The van der Waals surface area contributed by atoms with Crippen LogP contribution in [0, 0.1) is 5.92 Å². The molecule has 0 radical (unpaired) electrons. The van der Waals surface area contributed by atoms with Gasteiger partial charge in [0.1, 0.15) is 0 Å². The third kappa shape index (κ3) is 7.22. The van der Waals surface area contributed by atoms with E-state index in [9.17, 15) is 0 Å². The standard InChI is InChI=1S/C19H35N5S/c1-5-20-18(22-16(4)9-8-15(2)3)21-11-10-17-14-25-19(23-17)24-12-6-7-13-24/h14-16H,5-13H2,1-4H3,(H2,20,21,22). The van der Waals surface area contributed by atoms with Gasteiger partial charge in [0.2, 0.25) is 0 Å². The molecule has 1 aromatic heterocycles. The monoisotopic (exact) mass is 365 g/mol. The molecule has 1 aliphatic heterocycles. The topological polar surface area (TPSA) is 52.6 Å². The highest BCUT2D eigenvalue weighted by Crippen LogP contribution is 2.24. The van der Waals surface area contributed by atoms with Crippen molar-refractivity contribution in [1.82, 2.24) is 15.6 Å². The Kier molecular flexibility index (Phi) is 8.52. The summed E-state index contributed by atoms with van der Waals surface area (Å²) >= 11 is 1.77. The lowest BCUT2D eigenvalue weighted by atomic mass is 10.0. The molecule has 0 spiro atoms. The number of hydrogen-bond donors (Lipinski definition) is 2. The normalized spacial score (nSPS) is 16.5. The van der Waals surface area contributed by atoms with E-state index < -0.39 is 0 Å². The summed E-state index contributed by atoms with van der Waals surface area (Å²) in [5.74, 6) is 1.67. The molecule has 6 heteroatoms. The van der Waals surface area contributed by atoms with E-state index in [2.05, 4.69) is 48.6 Å². The molecule has 0 aromatic carbocycles. The maximum atomic E-state index is 4.78. The number of rotatable bonds is 9. The lowest BCUT2D eigenvalue weighted by Crippen LogP contribution is -2.42. The first kappa shape index (κ1) is 20.0. The zero-order chi connectivity index (χ0) is 18.1. The first-order valence-electron chi connectivity index (χ1n) is 9.82. The molecule has 142 valence electrons. The van der Waals surface area contributed by atoms with Gasteiger partial charge in [-0.1, -0.05) is 13.8 Å². The molecule has 0 bridgehead atoms. The number of hydrogen-bond acceptors (Lipinski definition) is 4. The van der Waals surface area contributed by atoms with Crippen molar-refractivity contribution >= 4 is 22.4 Å². The van der Waals surface area contributed by atoms with Crippen molar-refractivity contribution in [2.45, 2.75) is 65.8 Å². The molecular weight excluding hydrogens is 330 g/mol. The molecule has 2 rings (SSSR count). The predicted octanol–water partition coefficient (Wildman–Crippen LogP) is 3.67. The number of nitrogens with zero attached hydrogens (tertiary/aromatic N) is 3. The summed E-state index contributed by atoms with van der Waals surface area (Å²) in [5.41, 5.74) is 1.17. The first-order chi connectivity index (χ1) is 12.1. The Balaban J connectivity index is 1.79. The lowest BCUT2D eigenvalue weighted by molar-refractivity contribution is 0.489. The van der Waals surface area contributed by atoms with Gasteiger partial charge in [-0.05, 0) is 45.4 Å².